The molecule has 1 heterocycles. The van der Waals surface area contributed by atoms with Crippen molar-refractivity contribution in [3.05, 3.63) is 65.6 Å². The van der Waals surface area contributed by atoms with Crippen LogP contribution in [0.15, 0.2) is 54.3 Å². The molecule has 0 radical (unpaired) electrons. The summed E-state index contributed by atoms with van der Waals surface area (Å²) >= 11 is 0. The normalized spacial score (nSPS) is 15.7. The van der Waals surface area contributed by atoms with Gasteiger partial charge in [-0.2, -0.15) is 0 Å². The minimum Gasteiger partial charge on any atom is -0.341 e. The maximum Gasteiger partial charge on any atom is 0.132 e. The fraction of sp³-hybridized carbons (Fsp3) is 0.200. The minimum absolute atomic E-state index is 0.196. The van der Waals surface area contributed by atoms with E-state index >= 15 is 0 Å². The Kier molecular flexibility index (Phi) is 3.14. The van der Waals surface area contributed by atoms with Crippen molar-refractivity contribution in [3.63, 3.8) is 0 Å². The largest absolute Gasteiger partial charge is 0.341 e. The van der Waals surface area contributed by atoms with E-state index in [2.05, 4.69) is 6.58 Å². The van der Waals surface area contributed by atoms with E-state index < -0.39 is 0 Å². The fourth-order valence-corrected chi connectivity index (χ4v) is 2.01. The smallest absolute Gasteiger partial charge is 0.132 e. The van der Waals surface area contributed by atoms with Gasteiger partial charge in [0.1, 0.15) is 5.82 Å². The monoisotopic (exact) mass is 229 g/mol. The minimum atomic E-state index is -0.196. The van der Waals surface area contributed by atoms with E-state index in [0.717, 1.165) is 23.5 Å². The van der Waals surface area contributed by atoms with Gasteiger partial charge >= 0.3 is 0 Å². The summed E-state index contributed by atoms with van der Waals surface area (Å²) in [5, 5.41) is 0. The molecule has 0 spiro atoms. The van der Waals surface area contributed by atoms with E-state index in [4.69, 9.17) is 0 Å². The number of allylic oxidation sites excluding steroid dienone is 3. The first-order chi connectivity index (χ1) is 8.15. The van der Waals surface area contributed by atoms with E-state index in [0.29, 0.717) is 5.56 Å². The standard InChI is InChI=1S/C15H16FN/c1-4-17-12(3)11(2)9-10-15(17)13-7-5-6-8-14(13)16/h5-10H,3-4H2,1-2H3. The second-order valence-corrected chi connectivity index (χ2v) is 4.07. The lowest BCUT2D eigenvalue weighted by Crippen LogP contribution is -2.23. The molecule has 1 aliphatic heterocycles. The molecule has 88 valence electrons. The highest BCUT2D eigenvalue weighted by Gasteiger charge is 2.19. The van der Waals surface area contributed by atoms with Crippen molar-refractivity contribution >= 4 is 5.70 Å². The Morgan fingerprint density at radius 1 is 1.24 bits per heavy atom. The molecule has 0 unspecified atom stereocenters. The summed E-state index contributed by atoms with van der Waals surface area (Å²) in [5.41, 5.74) is 3.56. The Hall–Kier alpha value is -1.83. The first-order valence-electron chi connectivity index (χ1n) is 5.75. The summed E-state index contributed by atoms with van der Waals surface area (Å²) in [7, 11) is 0. The van der Waals surface area contributed by atoms with Gasteiger partial charge in [-0.15, -0.1) is 0 Å². The summed E-state index contributed by atoms with van der Waals surface area (Å²) in [6.07, 6.45) is 3.93. The molecule has 1 nitrogen and oxygen atoms in total. The number of hydrogen-bond donors (Lipinski definition) is 0. The summed E-state index contributed by atoms with van der Waals surface area (Å²) in [4.78, 5) is 2.04. The van der Waals surface area contributed by atoms with Gasteiger partial charge in [0.25, 0.3) is 0 Å². The topological polar surface area (TPSA) is 3.24 Å². The van der Waals surface area contributed by atoms with Gasteiger partial charge in [-0.1, -0.05) is 24.8 Å². The predicted molar refractivity (Wildman–Crippen MR) is 69.7 cm³/mol. The molecule has 2 rings (SSSR count). The van der Waals surface area contributed by atoms with Crippen LogP contribution >= 0.6 is 0 Å². The van der Waals surface area contributed by atoms with Gasteiger partial charge in [0.15, 0.2) is 0 Å². The number of nitrogens with zero attached hydrogens (tertiary/aromatic N) is 1. The van der Waals surface area contributed by atoms with Gasteiger partial charge in [-0.3, -0.25) is 0 Å². The van der Waals surface area contributed by atoms with Crippen LogP contribution in [-0.2, 0) is 0 Å². The Balaban J connectivity index is 2.51. The molecular formula is C15H16FN. The van der Waals surface area contributed by atoms with Crippen molar-refractivity contribution < 1.29 is 4.39 Å². The second kappa shape index (κ2) is 4.58. The highest BCUT2D eigenvalue weighted by atomic mass is 19.1. The molecule has 0 bridgehead atoms. The van der Waals surface area contributed by atoms with Crippen LogP contribution in [0.5, 0.6) is 0 Å². The maximum atomic E-state index is 13.8. The number of likely N-dealkylation sites (N-methyl/N-ethyl adjacent to an activating group) is 1. The number of benzene rings is 1. The molecule has 1 aliphatic rings. The van der Waals surface area contributed by atoms with Crippen LogP contribution < -0.4 is 0 Å². The quantitative estimate of drug-likeness (QED) is 0.742. The molecule has 0 saturated carbocycles. The maximum absolute atomic E-state index is 13.8. The molecule has 17 heavy (non-hydrogen) atoms. The van der Waals surface area contributed by atoms with Gasteiger partial charge < -0.3 is 4.90 Å². The molecule has 0 saturated heterocycles. The van der Waals surface area contributed by atoms with Gasteiger partial charge in [-0.05, 0) is 37.6 Å². The van der Waals surface area contributed by atoms with Crippen LogP contribution in [0, 0.1) is 5.82 Å². The molecule has 0 fully saturated rings. The van der Waals surface area contributed by atoms with Gasteiger partial charge in [0.05, 0.1) is 5.70 Å². The molecule has 2 heteroatoms. The lowest BCUT2D eigenvalue weighted by atomic mass is 10.0. The van der Waals surface area contributed by atoms with Gasteiger partial charge in [-0.25, -0.2) is 4.39 Å². The van der Waals surface area contributed by atoms with E-state index in [1.807, 2.05) is 37.0 Å². The van der Waals surface area contributed by atoms with Crippen LogP contribution in [0.4, 0.5) is 4.39 Å². The lowest BCUT2D eigenvalue weighted by Gasteiger charge is -2.31. The summed E-state index contributed by atoms with van der Waals surface area (Å²) in [6.45, 7) is 8.88. The number of hydrogen-bond acceptors (Lipinski definition) is 1. The Bertz CT molecular complexity index is 511. The molecular weight excluding hydrogens is 213 g/mol. The molecule has 1 aromatic carbocycles. The molecule has 1 aromatic rings. The second-order valence-electron chi connectivity index (χ2n) is 4.07. The Morgan fingerprint density at radius 2 is 1.94 bits per heavy atom. The third kappa shape index (κ3) is 2.03. The van der Waals surface area contributed by atoms with Crippen molar-refractivity contribution in [1.82, 2.24) is 4.90 Å². The van der Waals surface area contributed by atoms with E-state index in [-0.39, 0.29) is 5.82 Å². The molecule has 0 aliphatic carbocycles. The zero-order valence-electron chi connectivity index (χ0n) is 10.2. The van der Waals surface area contributed by atoms with Crippen LogP contribution in [0.1, 0.15) is 19.4 Å². The summed E-state index contributed by atoms with van der Waals surface area (Å²) in [5.74, 6) is -0.196. The van der Waals surface area contributed by atoms with Crippen molar-refractivity contribution in [2.75, 3.05) is 6.54 Å². The molecule has 0 amide bonds. The van der Waals surface area contributed by atoms with Gasteiger partial charge in [0.2, 0.25) is 0 Å². The van der Waals surface area contributed by atoms with E-state index in [1.54, 1.807) is 12.1 Å². The summed E-state index contributed by atoms with van der Waals surface area (Å²) < 4.78 is 13.8. The molecule has 0 aromatic heterocycles. The lowest BCUT2D eigenvalue weighted by molar-refractivity contribution is 0.515. The van der Waals surface area contributed by atoms with E-state index in [9.17, 15) is 4.39 Å². The predicted octanol–water partition coefficient (Wildman–Crippen LogP) is 3.96. The fourth-order valence-electron chi connectivity index (χ4n) is 2.01. The zero-order chi connectivity index (χ0) is 12.4. The van der Waals surface area contributed by atoms with Crippen molar-refractivity contribution in [2.45, 2.75) is 13.8 Å². The first kappa shape index (κ1) is 11.6. The molecule has 0 atom stereocenters. The Labute approximate surface area is 102 Å². The highest BCUT2D eigenvalue weighted by Crippen LogP contribution is 2.31. The number of rotatable bonds is 2. The first-order valence-corrected chi connectivity index (χ1v) is 5.75. The van der Waals surface area contributed by atoms with Crippen LogP contribution in [-0.4, -0.2) is 11.4 Å². The number of halogens is 1. The average molecular weight is 229 g/mol. The Morgan fingerprint density at radius 3 is 2.59 bits per heavy atom. The SMILES string of the molecule is C=C1C(C)=CC=C(c2ccccc2F)N1CC. The highest BCUT2D eigenvalue weighted by molar-refractivity contribution is 5.70. The van der Waals surface area contributed by atoms with Crippen molar-refractivity contribution in [3.8, 4) is 0 Å². The van der Waals surface area contributed by atoms with Crippen molar-refractivity contribution in [2.24, 2.45) is 0 Å². The third-order valence-corrected chi connectivity index (χ3v) is 3.03. The van der Waals surface area contributed by atoms with Crippen molar-refractivity contribution in [1.29, 1.82) is 0 Å². The third-order valence-electron chi connectivity index (χ3n) is 3.03. The summed E-state index contributed by atoms with van der Waals surface area (Å²) in [6, 6.07) is 6.83. The van der Waals surface area contributed by atoms with Crippen LogP contribution in [0.3, 0.4) is 0 Å². The van der Waals surface area contributed by atoms with Crippen LogP contribution in [0.25, 0.3) is 5.70 Å². The molecule has 0 N–H and O–H groups in total. The van der Waals surface area contributed by atoms with E-state index in [1.165, 1.54) is 6.07 Å². The van der Waals surface area contributed by atoms with Crippen LogP contribution in [0.2, 0.25) is 0 Å². The zero-order valence-corrected chi connectivity index (χ0v) is 10.2. The van der Waals surface area contributed by atoms with Gasteiger partial charge in [0, 0.05) is 17.8 Å². The average Bonchev–Trinajstić information content (AvgIpc) is 2.33.